The first-order chi connectivity index (χ1) is 8.63. The Morgan fingerprint density at radius 2 is 2.00 bits per heavy atom. The number of halogens is 2. The predicted molar refractivity (Wildman–Crippen MR) is 68.8 cm³/mol. The van der Waals surface area contributed by atoms with Crippen molar-refractivity contribution in [1.29, 1.82) is 0 Å². The fourth-order valence-electron chi connectivity index (χ4n) is 1.72. The second kappa shape index (κ2) is 3.99. The SMILES string of the molecule is Nc1ccc2nc(-c3ccc(Cl)cc3F)oc2c1. The van der Waals surface area contributed by atoms with E-state index in [9.17, 15) is 4.39 Å². The van der Waals surface area contributed by atoms with E-state index >= 15 is 0 Å². The molecule has 1 aromatic heterocycles. The molecule has 90 valence electrons. The highest BCUT2D eigenvalue weighted by atomic mass is 35.5. The molecule has 5 heteroatoms. The Kier molecular flexibility index (Phi) is 2.45. The monoisotopic (exact) mass is 262 g/mol. The molecule has 1 heterocycles. The van der Waals surface area contributed by atoms with Gasteiger partial charge in [0.25, 0.3) is 0 Å². The maximum Gasteiger partial charge on any atom is 0.230 e. The molecule has 2 N–H and O–H groups in total. The van der Waals surface area contributed by atoms with Crippen LogP contribution < -0.4 is 5.73 Å². The zero-order valence-electron chi connectivity index (χ0n) is 9.15. The summed E-state index contributed by atoms with van der Waals surface area (Å²) in [6.07, 6.45) is 0. The number of oxazole rings is 1. The van der Waals surface area contributed by atoms with Crippen LogP contribution in [-0.4, -0.2) is 4.98 Å². The number of rotatable bonds is 1. The van der Waals surface area contributed by atoms with E-state index in [1.807, 2.05) is 0 Å². The van der Waals surface area contributed by atoms with Gasteiger partial charge in [-0.1, -0.05) is 11.6 Å². The Labute approximate surface area is 107 Å². The van der Waals surface area contributed by atoms with E-state index in [2.05, 4.69) is 4.98 Å². The summed E-state index contributed by atoms with van der Waals surface area (Å²) >= 11 is 5.70. The average Bonchev–Trinajstić information content (AvgIpc) is 2.71. The van der Waals surface area contributed by atoms with Crippen LogP contribution in [0.15, 0.2) is 40.8 Å². The maximum atomic E-state index is 13.7. The number of nitrogens with two attached hydrogens (primary N) is 1. The molecule has 0 atom stereocenters. The lowest BCUT2D eigenvalue weighted by Gasteiger charge is -1.97. The molecule has 0 aliphatic carbocycles. The first-order valence-corrected chi connectivity index (χ1v) is 5.63. The van der Waals surface area contributed by atoms with Crippen molar-refractivity contribution in [1.82, 2.24) is 4.98 Å². The summed E-state index contributed by atoms with van der Waals surface area (Å²) in [7, 11) is 0. The summed E-state index contributed by atoms with van der Waals surface area (Å²) in [6, 6.07) is 9.44. The fraction of sp³-hybridized carbons (Fsp3) is 0. The van der Waals surface area contributed by atoms with E-state index < -0.39 is 5.82 Å². The topological polar surface area (TPSA) is 52.0 Å². The second-order valence-electron chi connectivity index (χ2n) is 3.87. The first-order valence-electron chi connectivity index (χ1n) is 5.25. The number of anilines is 1. The van der Waals surface area contributed by atoms with Gasteiger partial charge in [-0.25, -0.2) is 9.37 Å². The van der Waals surface area contributed by atoms with Crippen molar-refractivity contribution in [2.75, 3.05) is 5.73 Å². The predicted octanol–water partition coefficient (Wildman–Crippen LogP) is 3.87. The number of hydrogen-bond acceptors (Lipinski definition) is 3. The van der Waals surface area contributed by atoms with Crippen LogP contribution in [0.2, 0.25) is 5.02 Å². The molecule has 0 spiro atoms. The lowest BCUT2D eigenvalue weighted by molar-refractivity contribution is 0.594. The van der Waals surface area contributed by atoms with Crippen molar-refractivity contribution in [2.24, 2.45) is 0 Å². The van der Waals surface area contributed by atoms with Gasteiger partial charge in [-0.3, -0.25) is 0 Å². The van der Waals surface area contributed by atoms with Crippen molar-refractivity contribution in [2.45, 2.75) is 0 Å². The van der Waals surface area contributed by atoms with E-state index in [1.165, 1.54) is 12.1 Å². The Bertz CT molecular complexity index is 739. The van der Waals surface area contributed by atoms with Crippen molar-refractivity contribution in [3.8, 4) is 11.5 Å². The molecule has 0 saturated carbocycles. The zero-order valence-corrected chi connectivity index (χ0v) is 9.91. The standard InChI is InChI=1S/C13H8ClFN2O/c14-7-1-3-9(10(15)5-7)13-17-11-4-2-8(16)6-12(11)18-13/h1-6H,16H2. The molecule has 0 radical (unpaired) electrons. The molecule has 0 bridgehead atoms. The highest BCUT2D eigenvalue weighted by molar-refractivity contribution is 6.30. The number of benzene rings is 2. The van der Waals surface area contributed by atoms with Crippen molar-refractivity contribution >= 4 is 28.4 Å². The molecule has 0 unspecified atom stereocenters. The fourth-order valence-corrected chi connectivity index (χ4v) is 1.88. The molecule has 2 aromatic carbocycles. The minimum atomic E-state index is -0.470. The zero-order chi connectivity index (χ0) is 12.7. The van der Waals surface area contributed by atoms with Crippen molar-refractivity contribution in [3.63, 3.8) is 0 Å². The molecule has 0 amide bonds. The average molecular weight is 263 g/mol. The number of aromatic nitrogens is 1. The third kappa shape index (κ3) is 1.80. The molecular weight excluding hydrogens is 255 g/mol. The van der Waals surface area contributed by atoms with Gasteiger partial charge in [0.05, 0.1) is 5.56 Å². The van der Waals surface area contributed by atoms with E-state index in [-0.39, 0.29) is 11.5 Å². The lowest BCUT2D eigenvalue weighted by atomic mass is 10.2. The molecule has 3 rings (SSSR count). The summed E-state index contributed by atoms with van der Waals surface area (Å²) in [5.41, 5.74) is 7.65. The molecule has 0 aliphatic rings. The molecule has 18 heavy (non-hydrogen) atoms. The van der Waals surface area contributed by atoms with Crippen LogP contribution in [-0.2, 0) is 0 Å². The minimum absolute atomic E-state index is 0.213. The van der Waals surface area contributed by atoms with Crippen LogP contribution in [0, 0.1) is 5.82 Å². The molecule has 3 aromatic rings. The molecule has 3 nitrogen and oxygen atoms in total. The van der Waals surface area contributed by atoms with Crippen LogP contribution in [0.25, 0.3) is 22.6 Å². The van der Waals surface area contributed by atoms with Gasteiger partial charge in [0.2, 0.25) is 5.89 Å². The number of nitrogens with zero attached hydrogens (tertiary/aromatic N) is 1. The number of nitrogen functional groups attached to an aromatic ring is 1. The van der Waals surface area contributed by atoms with Crippen LogP contribution in [0.4, 0.5) is 10.1 Å². The van der Waals surface area contributed by atoms with Crippen molar-refractivity contribution < 1.29 is 8.81 Å². The van der Waals surface area contributed by atoms with Crippen LogP contribution in [0.3, 0.4) is 0 Å². The van der Waals surface area contributed by atoms with Gasteiger partial charge in [0.1, 0.15) is 11.3 Å². The van der Waals surface area contributed by atoms with E-state index in [1.54, 1.807) is 24.3 Å². The van der Waals surface area contributed by atoms with Crippen LogP contribution in [0.5, 0.6) is 0 Å². The normalized spacial score (nSPS) is 11.0. The lowest BCUT2D eigenvalue weighted by Crippen LogP contribution is -1.83. The van der Waals surface area contributed by atoms with E-state index in [4.69, 9.17) is 21.8 Å². The molecular formula is C13H8ClFN2O. The van der Waals surface area contributed by atoms with Gasteiger partial charge in [-0.15, -0.1) is 0 Å². The first kappa shape index (κ1) is 11.0. The minimum Gasteiger partial charge on any atom is -0.436 e. The Hall–Kier alpha value is -2.07. The van der Waals surface area contributed by atoms with Crippen molar-refractivity contribution in [3.05, 3.63) is 47.2 Å². The van der Waals surface area contributed by atoms with E-state index in [0.29, 0.717) is 21.8 Å². The van der Waals surface area contributed by atoms with Gasteiger partial charge >= 0.3 is 0 Å². The summed E-state index contributed by atoms with van der Waals surface area (Å²) in [5.74, 6) is -0.258. The summed E-state index contributed by atoms with van der Waals surface area (Å²) in [4.78, 5) is 4.21. The number of fused-ring (bicyclic) bond motifs is 1. The third-order valence-electron chi connectivity index (χ3n) is 2.57. The molecule has 0 aliphatic heterocycles. The Morgan fingerprint density at radius 3 is 2.78 bits per heavy atom. The Morgan fingerprint density at radius 1 is 1.17 bits per heavy atom. The number of hydrogen-bond donors (Lipinski definition) is 1. The van der Waals surface area contributed by atoms with Gasteiger partial charge in [0.15, 0.2) is 5.58 Å². The maximum absolute atomic E-state index is 13.7. The van der Waals surface area contributed by atoms with Gasteiger partial charge in [-0.05, 0) is 30.3 Å². The molecule has 0 saturated heterocycles. The summed E-state index contributed by atoms with van der Waals surface area (Å²) in [5, 5.41) is 0.330. The highest BCUT2D eigenvalue weighted by Crippen LogP contribution is 2.28. The van der Waals surface area contributed by atoms with Crippen LogP contribution in [0.1, 0.15) is 0 Å². The quantitative estimate of drug-likeness (QED) is 0.677. The summed E-state index contributed by atoms with van der Waals surface area (Å²) < 4.78 is 19.2. The van der Waals surface area contributed by atoms with Gasteiger partial charge in [0, 0.05) is 16.8 Å². The van der Waals surface area contributed by atoms with Gasteiger partial charge < -0.3 is 10.2 Å². The van der Waals surface area contributed by atoms with E-state index in [0.717, 1.165) is 0 Å². The smallest absolute Gasteiger partial charge is 0.230 e. The second-order valence-corrected chi connectivity index (χ2v) is 4.31. The molecule has 0 fully saturated rings. The third-order valence-corrected chi connectivity index (χ3v) is 2.81. The largest absolute Gasteiger partial charge is 0.436 e. The summed E-state index contributed by atoms with van der Waals surface area (Å²) in [6.45, 7) is 0. The Balaban J connectivity index is 2.19. The van der Waals surface area contributed by atoms with Gasteiger partial charge in [-0.2, -0.15) is 0 Å². The van der Waals surface area contributed by atoms with Crippen LogP contribution >= 0.6 is 11.6 Å². The highest BCUT2D eigenvalue weighted by Gasteiger charge is 2.12.